The van der Waals surface area contributed by atoms with Crippen LogP contribution in [0.1, 0.15) is 65.2 Å². The average molecular weight is 621 g/mol. The van der Waals surface area contributed by atoms with Crippen LogP contribution in [-0.2, 0) is 30.1 Å². The van der Waals surface area contributed by atoms with E-state index in [0.717, 1.165) is 24.6 Å². The quantitative estimate of drug-likeness (QED) is 0.223. The second-order valence-corrected chi connectivity index (χ2v) is 11.1. The van der Waals surface area contributed by atoms with Crippen molar-refractivity contribution in [2.45, 2.75) is 62.7 Å². The smallest absolute Gasteiger partial charge is 0.369 e. The third-order valence-corrected chi connectivity index (χ3v) is 8.25. The molecule has 2 aliphatic heterocycles. The molecule has 4 atom stereocenters. The standard InChI is InChI=1S/C30H27F7N6O/c1-17(20-10-21(29(32,33)34)12-22(11-20)30(35,36)37)44-25-13-26-40-41-28(19-6-9-42(15-19)27-14-38-7-8-39-27)43(26)16-24(25)18-2-4-23(31)5-3-18/h2-5,7-8,10-12,14,17,19,24-25H,6,9,13,15-16H2,1H3/t17-,19?,24-,25+/m1/s1. The number of hydrogen-bond acceptors (Lipinski definition) is 6. The van der Waals surface area contributed by atoms with Gasteiger partial charge in [0.25, 0.3) is 0 Å². The summed E-state index contributed by atoms with van der Waals surface area (Å²) in [5, 5.41) is 8.88. The summed E-state index contributed by atoms with van der Waals surface area (Å²) in [6.45, 7) is 3.14. The van der Waals surface area contributed by atoms with Crippen molar-refractivity contribution < 1.29 is 35.5 Å². The Morgan fingerprint density at radius 3 is 2.25 bits per heavy atom. The summed E-state index contributed by atoms with van der Waals surface area (Å²) in [4.78, 5) is 10.6. The predicted molar refractivity (Wildman–Crippen MR) is 144 cm³/mol. The number of anilines is 1. The van der Waals surface area contributed by atoms with Gasteiger partial charge in [-0.2, -0.15) is 26.3 Å². The SMILES string of the molecule is C[C@@H](O[C@H]1Cc2nnc(C3CCN(c4cnccn4)C3)n2C[C@@H]1c1ccc(F)cc1)c1cc(C(F)(F)F)cc(C(F)(F)F)c1. The first-order valence-electron chi connectivity index (χ1n) is 14.0. The highest BCUT2D eigenvalue weighted by atomic mass is 19.4. The van der Waals surface area contributed by atoms with Crippen molar-refractivity contribution in [2.75, 3.05) is 18.0 Å². The van der Waals surface area contributed by atoms with Gasteiger partial charge in [0.15, 0.2) is 0 Å². The first-order valence-corrected chi connectivity index (χ1v) is 14.0. The van der Waals surface area contributed by atoms with Crippen molar-refractivity contribution in [3.63, 3.8) is 0 Å². The monoisotopic (exact) mass is 620 g/mol. The van der Waals surface area contributed by atoms with E-state index in [4.69, 9.17) is 4.74 Å². The summed E-state index contributed by atoms with van der Waals surface area (Å²) >= 11 is 0. The van der Waals surface area contributed by atoms with Crippen molar-refractivity contribution in [3.05, 3.63) is 101 Å². The first kappa shape index (κ1) is 30.0. The molecule has 14 heteroatoms. The van der Waals surface area contributed by atoms with Crippen LogP contribution in [0.5, 0.6) is 0 Å². The van der Waals surface area contributed by atoms with Gasteiger partial charge >= 0.3 is 12.4 Å². The molecule has 7 nitrogen and oxygen atoms in total. The van der Waals surface area contributed by atoms with E-state index in [0.29, 0.717) is 36.6 Å². The largest absolute Gasteiger partial charge is 0.416 e. The van der Waals surface area contributed by atoms with Crippen LogP contribution in [-0.4, -0.2) is 43.9 Å². The molecular formula is C30H27F7N6O. The van der Waals surface area contributed by atoms with Gasteiger partial charge < -0.3 is 14.2 Å². The number of ether oxygens (including phenoxy) is 1. The molecule has 44 heavy (non-hydrogen) atoms. The number of benzene rings is 2. The lowest BCUT2D eigenvalue weighted by Crippen LogP contribution is -2.36. The van der Waals surface area contributed by atoms with Crippen LogP contribution in [0.15, 0.2) is 61.1 Å². The third-order valence-electron chi connectivity index (χ3n) is 8.25. The van der Waals surface area contributed by atoms with Crippen molar-refractivity contribution in [2.24, 2.45) is 0 Å². The van der Waals surface area contributed by atoms with E-state index in [2.05, 4.69) is 25.1 Å². The summed E-state index contributed by atoms with van der Waals surface area (Å²) < 4.78 is 103. The Labute approximate surface area is 247 Å². The van der Waals surface area contributed by atoms with Crippen LogP contribution < -0.4 is 4.90 Å². The predicted octanol–water partition coefficient (Wildman–Crippen LogP) is 6.73. The fourth-order valence-electron chi connectivity index (χ4n) is 6.00. The highest BCUT2D eigenvalue weighted by Crippen LogP contribution is 2.41. The van der Waals surface area contributed by atoms with E-state index < -0.39 is 47.4 Å². The zero-order valence-corrected chi connectivity index (χ0v) is 23.4. The molecular weight excluding hydrogens is 593 g/mol. The van der Waals surface area contributed by atoms with Crippen LogP contribution in [0.2, 0.25) is 0 Å². The van der Waals surface area contributed by atoms with Crippen LogP contribution >= 0.6 is 0 Å². The van der Waals surface area contributed by atoms with Crippen LogP contribution in [0.25, 0.3) is 0 Å². The maximum Gasteiger partial charge on any atom is 0.416 e. The lowest BCUT2D eigenvalue weighted by Gasteiger charge is -2.35. The molecule has 0 saturated carbocycles. The molecule has 1 fully saturated rings. The maximum absolute atomic E-state index is 13.8. The highest BCUT2D eigenvalue weighted by molar-refractivity contribution is 5.38. The van der Waals surface area contributed by atoms with E-state index in [1.165, 1.54) is 19.1 Å². The molecule has 2 aromatic carbocycles. The number of fused-ring (bicyclic) bond motifs is 1. The number of nitrogens with zero attached hydrogens (tertiary/aromatic N) is 6. The normalized spacial score (nSPS) is 21.4. The summed E-state index contributed by atoms with van der Waals surface area (Å²) in [5.41, 5.74) is -2.37. The number of hydrogen-bond donors (Lipinski definition) is 0. The van der Waals surface area contributed by atoms with E-state index in [-0.39, 0.29) is 24.0 Å². The summed E-state index contributed by atoms with van der Waals surface area (Å²) in [6, 6.07) is 7.27. The van der Waals surface area contributed by atoms with Gasteiger partial charge in [0.05, 0.1) is 29.5 Å². The fraction of sp³-hybridized carbons (Fsp3) is 0.400. The lowest BCUT2D eigenvalue weighted by atomic mass is 9.88. The van der Waals surface area contributed by atoms with Gasteiger partial charge in [-0.25, -0.2) is 9.37 Å². The van der Waals surface area contributed by atoms with Gasteiger partial charge in [-0.15, -0.1) is 10.2 Å². The molecule has 0 N–H and O–H groups in total. The van der Waals surface area contributed by atoms with Crippen LogP contribution in [0.3, 0.4) is 0 Å². The molecule has 0 bridgehead atoms. The molecule has 232 valence electrons. The number of halogens is 7. The molecule has 2 aromatic heterocycles. The van der Waals surface area contributed by atoms with Crippen molar-refractivity contribution in [3.8, 4) is 0 Å². The Hall–Kier alpha value is -4.07. The van der Waals surface area contributed by atoms with E-state index in [1.807, 2.05) is 4.57 Å². The Morgan fingerprint density at radius 1 is 0.909 bits per heavy atom. The first-order chi connectivity index (χ1) is 20.9. The van der Waals surface area contributed by atoms with Gasteiger partial charge in [-0.3, -0.25) is 4.98 Å². The second-order valence-electron chi connectivity index (χ2n) is 11.1. The maximum atomic E-state index is 13.8. The Kier molecular flexibility index (Phi) is 7.80. The Balaban J connectivity index is 1.30. The molecule has 0 aliphatic carbocycles. The highest BCUT2D eigenvalue weighted by Gasteiger charge is 2.40. The van der Waals surface area contributed by atoms with E-state index in [1.54, 1.807) is 30.7 Å². The average Bonchev–Trinajstić information content (AvgIpc) is 3.64. The molecule has 6 rings (SSSR count). The summed E-state index contributed by atoms with van der Waals surface area (Å²) in [6.07, 6.45) is -5.87. The number of aromatic nitrogens is 5. The molecule has 1 saturated heterocycles. The second kappa shape index (κ2) is 11.5. The molecule has 2 aliphatic rings. The van der Waals surface area contributed by atoms with Gasteiger partial charge in [0.1, 0.15) is 23.3 Å². The minimum absolute atomic E-state index is 0.0365. The zero-order valence-electron chi connectivity index (χ0n) is 23.4. The van der Waals surface area contributed by atoms with Crippen molar-refractivity contribution >= 4 is 5.82 Å². The minimum atomic E-state index is -4.98. The van der Waals surface area contributed by atoms with Crippen molar-refractivity contribution in [1.29, 1.82) is 0 Å². The molecule has 4 aromatic rings. The van der Waals surface area contributed by atoms with E-state index >= 15 is 0 Å². The van der Waals surface area contributed by atoms with Crippen molar-refractivity contribution in [1.82, 2.24) is 24.7 Å². The molecule has 4 heterocycles. The number of rotatable bonds is 6. The molecule has 0 spiro atoms. The lowest BCUT2D eigenvalue weighted by molar-refractivity contribution is -0.143. The topological polar surface area (TPSA) is 69.0 Å². The summed E-state index contributed by atoms with van der Waals surface area (Å²) in [5.74, 6) is 1.29. The molecule has 1 unspecified atom stereocenters. The minimum Gasteiger partial charge on any atom is -0.369 e. The summed E-state index contributed by atoms with van der Waals surface area (Å²) in [7, 11) is 0. The van der Waals surface area contributed by atoms with Gasteiger partial charge in [0, 0.05) is 50.3 Å². The molecule has 0 amide bonds. The van der Waals surface area contributed by atoms with E-state index in [9.17, 15) is 30.7 Å². The van der Waals surface area contributed by atoms with Crippen LogP contribution in [0.4, 0.5) is 36.6 Å². The van der Waals surface area contributed by atoms with Gasteiger partial charge in [-0.1, -0.05) is 12.1 Å². The Bertz CT molecular complexity index is 1570. The Morgan fingerprint density at radius 2 is 1.61 bits per heavy atom. The van der Waals surface area contributed by atoms with Gasteiger partial charge in [-0.05, 0) is 54.8 Å². The zero-order chi connectivity index (χ0) is 31.2. The number of alkyl halides is 6. The van der Waals surface area contributed by atoms with Gasteiger partial charge in [0.2, 0.25) is 0 Å². The van der Waals surface area contributed by atoms with Crippen LogP contribution in [0, 0.1) is 5.82 Å². The third kappa shape index (κ3) is 6.12. The molecule has 0 radical (unpaired) electrons. The fourth-order valence-corrected chi connectivity index (χ4v) is 6.00.